The standard InChI is InChI=1S/C23H23N3O3S2/c1-17-6-5-9-19(16-17)22(27)26-23(30)25-20-10-12-21(13-11-20)31(28,29)24-15-14-18-7-3-2-4-8-18/h2-13,16,24H,14-15H2,1H3,(H2,25,26,27,30). The van der Waals surface area contributed by atoms with Crippen LogP contribution in [0.15, 0.2) is 83.8 Å². The van der Waals surface area contributed by atoms with Gasteiger partial charge in [-0.2, -0.15) is 0 Å². The molecule has 0 aliphatic rings. The van der Waals surface area contributed by atoms with Gasteiger partial charge in [0, 0.05) is 17.8 Å². The number of carbonyl (C=O) groups is 1. The molecule has 0 bridgehead atoms. The topological polar surface area (TPSA) is 87.3 Å². The van der Waals surface area contributed by atoms with Crippen LogP contribution < -0.4 is 15.4 Å². The number of anilines is 1. The minimum atomic E-state index is -3.62. The maximum atomic E-state index is 12.5. The van der Waals surface area contributed by atoms with Crippen molar-refractivity contribution in [3.05, 3.63) is 95.6 Å². The largest absolute Gasteiger partial charge is 0.332 e. The molecule has 0 radical (unpaired) electrons. The van der Waals surface area contributed by atoms with Crippen LogP contribution in [-0.2, 0) is 16.4 Å². The van der Waals surface area contributed by atoms with Crippen molar-refractivity contribution >= 4 is 38.9 Å². The van der Waals surface area contributed by atoms with Crippen molar-refractivity contribution in [2.75, 3.05) is 11.9 Å². The molecule has 8 heteroatoms. The zero-order chi connectivity index (χ0) is 22.3. The van der Waals surface area contributed by atoms with E-state index in [-0.39, 0.29) is 15.9 Å². The first kappa shape index (κ1) is 22.6. The van der Waals surface area contributed by atoms with Gasteiger partial charge in [-0.15, -0.1) is 0 Å². The molecule has 3 N–H and O–H groups in total. The Kier molecular flexibility index (Phi) is 7.51. The molecule has 1 amide bonds. The van der Waals surface area contributed by atoms with Crippen molar-refractivity contribution < 1.29 is 13.2 Å². The fourth-order valence-electron chi connectivity index (χ4n) is 2.90. The van der Waals surface area contributed by atoms with Gasteiger partial charge in [-0.1, -0.05) is 48.0 Å². The number of rotatable bonds is 7. The SMILES string of the molecule is Cc1cccc(C(=O)NC(=S)Nc2ccc(S(=O)(=O)NCCc3ccccc3)cc2)c1. The van der Waals surface area contributed by atoms with Crippen LogP contribution in [0.25, 0.3) is 0 Å². The molecule has 0 saturated heterocycles. The average Bonchev–Trinajstić information content (AvgIpc) is 2.74. The van der Waals surface area contributed by atoms with Gasteiger partial charge in [0.15, 0.2) is 5.11 Å². The normalized spacial score (nSPS) is 11.0. The number of nitrogens with one attached hydrogen (secondary N) is 3. The maximum Gasteiger partial charge on any atom is 0.257 e. The molecule has 31 heavy (non-hydrogen) atoms. The predicted octanol–water partition coefficient (Wildman–Crippen LogP) is 3.64. The Morgan fingerprint density at radius 3 is 2.32 bits per heavy atom. The smallest absolute Gasteiger partial charge is 0.257 e. The van der Waals surface area contributed by atoms with Crippen molar-refractivity contribution in [3.8, 4) is 0 Å². The second-order valence-corrected chi connectivity index (χ2v) is 9.11. The Bertz CT molecular complexity index is 1160. The number of aryl methyl sites for hydroxylation is 1. The second kappa shape index (κ2) is 10.3. The summed E-state index contributed by atoms with van der Waals surface area (Å²) in [6.07, 6.45) is 0.606. The molecule has 0 saturated carbocycles. The molecule has 3 aromatic carbocycles. The number of benzene rings is 3. The van der Waals surface area contributed by atoms with Gasteiger partial charge in [-0.3, -0.25) is 10.1 Å². The number of sulfonamides is 1. The van der Waals surface area contributed by atoms with E-state index in [1.807, 2.05) is 43.3 Å². The van der Waals surface area contributed by atoms with E-state index in [9.17, 15) is 13.2 Å². The molecule has 0 aromatic heterocycles. The van der Waals surface area contributed by atoms with Crippen LogP contribution in [0.3, 0.4) is 0 Å². The summed E-state index contributed by atoms with van der Waals surface area (Å²) in [5, 5.41) is 5.62. The molecule has 160 valence electrons. The van der Waals surface area contributed by atoms with Gasteiger partial charge >= 0.3 is 0 Å². The van der Waals surface area contributed by atoms with Gasteiger partial charge in [0.1, 0.15) is 0 Å². The zero-order valence-electron chi connectivity index (χ0n) is 17.0. The van der Waals surface area contributed by atoms with Gasteiger partial charge in [0.25, 0.3) is 5.91 Å². The third-order valence-corrected chi connectivity index (χ3v) is 6.16. The summed E-state index contributed by atoms with van der Waals surface area (Å²) in [5.41, 5.74) is 3.11. The minimum absolute atomic E-state index is 0.128. The fourth-order valence-corrected chi connectivity index (χ4v) is 4.14. The lowest BCUT2D eigenvalue weighted by Crippen LogP contribution is -2.34. The van der Waals surface area contributed by atoms with Crippen LogP contribution in [0.4, 0.5) is 5.69 Å². The molecular formula is C23H23N3O3S2. The Balaban J connectivity index is 1.54. The Hall–Kier alpha value is -3.07. The number of thiocarbonyl (C=S) groups is 1. The molecule has 3 aromatic rings. The van der Waals surface area contributed by atoms with E-state index < -0.39 is 10.0 Å². The predicted molar refractivity (Wildman–Crippen MR) is 127 cm³/mol. The number of hydrogen-bond acceptors (Lipinski definition) is 4. The molecule has 6 nitrogen and oxygen atoms in total. The fraction of sp³-hybridized carbons (Fsp3) is 0.130. The van der Waals surface area contributed by atoms with Crippen LogP contribution >= 0.6 is 12.2 Å². The second-order valence-electron chi connectivity index (χ2n) is 6.94. The number of carbonyl (C=O) groups excluding carboxylic acids is 1. The molecule has 0 heterocycles. The number of amides is 1. The van der Waals surface area contributed by atoms with E-state index in [2.05, 4.69) is 15.4 Å². The summed E-state index contributed by atoms with van der Waals surface area (Å²) in [7, 11) is -3.62. The highest BCUT2D eigenvalue weighted by Crippen LogP contribution is 2.14. The Morgan fingerprint density at radius 2 is 1.65 bits per heavy atom. The van der Waals surface area contributed by atoms with Gasteiger partial charge in [-0.05, 0) is 67.5 Å². The van der Waals surface area contributed by atoms with Gasteiger partial charge < -0.3 is 5.32 Å². The van der Waals surface area contributed by atoms with Gasteiger partial charge in [0.2, 0.25) is 10.0 Å². The van der Waals surface area contributed by atoms with E-state index in [0.717, 1.165) is 11.1 Å². The van der Waals surface area contributed by atoms with Crippen LogP contribution in [0.2, 0.25) is 0 Å². The summed E-state index contributed by atoms with van der Waals surface area (Å²) in [4.78, 5) is 12.4. The van der Waals surface area contributed by atoms with Crippen LogP contribution in [0.1, 0.15) is 21.5 Å². The molecule has 0 fully saturated rings. The van der Waals surface area contributed by atoms with Crippen LogP contribution in [0.5, 0.6) is 0 Å². The Morgan fingerprint density at radius 1 is 0.935 bits per heavy atom. The summed E-state index contributed by atoms with van der Waals surface area (Å²) in [6, 6.07) is 23.0. The van der Waals surface area contributed by atoms with Gasteiger partial charge in [-0.25, -0.2) is 13.1 Å². The Labute approximate surface area is 187 Å². The van der Waals surface area contributed by atoms with Crippen molar-refractivity contribution in [3.63, 3.8) is 0 Å². The highest BCUT2D eigenvalue weighted by molar-refractivity contribution is 7.89. The molecule has 0 atom stereocenters. The molecular weight excluding hydrogens is 430 g/mol. The third-order valence-electron chi connectivity index (χ3n) is 4.48. The van der Waals surface area contributed by atoms with E-state index >= 15 is 0 Å². The van der Waals surface area contributed by atoms with E-state index in [4.69, 9.17) is 12.2 Å². The van der Waals surface area contributed by atoms with E-state index in [1.54, 1.807) is 30.3 Å². The monoisotopic (exact) mass is 453 g/mol. The molecule has 3 rings (SSSR count). The zero-order valence-corrected chi connectivity index (χ0v) is 18.6. The lowest BCUT2D eigenvalue weighted by molar-refractivity contribution is 0.0977. The highest BCUT2D eigenvalue weighted by Gasteiger charge is 2.14. The van der Waals surface area contributed by atoms with Crippen molar-refractivity contribution in [1.82, 2.24) is 10.0 Å². The van der Waals surface area contributed by atoms with Crippen molar-refractivity contribution in [2.24, 2.45) is 0 Å². The molecule has 0 spiro atoms. The van der Waals surface area contributed by atoms with Gasteiger partial charge in [0.05, 0.1) is 4.90 Å². The lowest BCUT2D eigenvalue weighted by atomic mass is 10.1. The van der Waals surface area contributed by atoms with Crippen molar-refractivity contribution in [2.45, 2.75) is 18.2 Å². The summed E-state index contributed by atoms with van der Waals surface area (Å²) >= 11 is 5.18. The first-order chi connectivity index (χ1) is 14.8. The van der Waals surface area contributed by atoms with Crippen LogP contribution in [0, 0.1) is 6.92 Å². The number of hydrogen-bond donors (Lipinski definition) is 3. The van der Waals surface area contributed by atoms with E-state index in [1.165, 1.54) is 12.1 Å². The summed E-state index contributed by atoms with van der Waals surface area (Å²) < 4.78 is 27.5. The maximum absolute atomic E-state index is 12.5. The average molecular weight is 454 g/mol. The summed E-state index contributed by atoms with van der Waals surface area (Å²) in [5.74, 6) is -0.317. The minimum Gasteiger partial charge on any atom is -0.332 e. The van der Waals surface area contributed by atoms with E-state index in [0.29, 0.717) is 24.2 Å². The lowest BCUT2D eigenvalue weighted by Gasteiger charge is -2.11. The quantitative estimate of drug-likeness (QED) is 0.476. The first-order valence-electron chi connectivity index (χ1n) is 9.66. The first-order valence-corrected chi connectivity index (χ1v) is 11.6. The molecule has 0 aliphatic carbocycles. The molecule has 0 unspecified atom stereocenters. The highest BCUT2D eigenvalue weighted by atomic mass is 32.2. The molecule has 0 aliphatic heterocycles. The van der Waals surface area contributed by atoms with Crippen LogP contribution in [-0.4, -0.2) is 26.0 Å². The third kappa shape index (κ3) is 6.71. The summed E-state index contributed by atoms with van der Waals surface area (Å²) in [6.45, 7) is 2.21. The van der Waals surface area contributed by atoms with Crippen molar-refractivity contribution in [1.29, 1.82) is 0 Å².